The van der Waals surface area contributed by atoms with E-state index < -0.39 is 0 Å². The van der Waals surface area contributed by atoms with Crippen LogP contribution in [0.15, 0.2) is 42.7 Å². The number of carbonyl (C=O) groups is 1. The maximum Gasteiger partial charge on any atom is 0.261 e. The summed E-state index contributed by atoms with van der Waals surface area (Å²) in [6.07, 6.45) is 3.52. The maximum atomic E-state index is 12.0. The zero-order valence-electron chi connectivity index (χ0n) is 12.5. The smallest absolute Gasteiger partial charge is 0.261 e. The van der Waals surface area contributed by atoms with Gasteiger partial charge in [0.2, 0.25) is 0 Å². The third-order valence-electron chi connectivity index (χ3n) is 3.34. The van der Waals surface area contributed by atoms with Crippen molar-refractivity contribution in [2.75, 3.05) is 6.54 Å². The summed E-state index contributed by atoms with van der Waals surface area (Å²) < 4.78 is 2.49. The molecule has 3 rings (SSSR count). The molecule has 1 N–H and O–H groups in total. The average Bonchev–Trinajstić information content (AvgIpc) is 3.15. The first-order valence-electron chi connectivity index (χ1n) is 7.12. The molecule has 3 heterocycles. The Hall–Kier alpha value is -2.18. The normalized spacial score (nSPS) is 10.7. The number of aromatic nitrogens is 3. The van der Waals surface area contributed by atoms with Crippen molar-refractivity contribution in [1.29, 1.82) is 0 Å². The zero-order chi connectivity index (χ0) is 16.2. The highest BCUT2D eigenvalue weighted by Gasteiger charge is 2.09. The van der Waals surface area contributed by atoms with Gasteiger partial charge in [-0.05, 0) is 37.3 Å². The van der Waals surface area contributed by atoms with E-state index in [4.69, 9.17) is 11.6 Å². The molecule has 0 aliphatic carbocycles. The third-order valence-corrected chi connectivity index (χ3v) is 4.57. The highest BCUT2D eigenvalue weighted by Crippen LogP contribution is 2.21. The molecule has 0 bridgehead atoms. The number of pyridine rings is 1. The van der Waals surface area contributed by atoms with Crippen molar-refractivity contribution in [2.24, 2.45) is 0 Å². The molecule has 0 aliphatic rings. The van der Waals surface area contributed by atoms with Crippen molar-refractivity contribution in [1.82, 2.24) is 20.1 Å². The van der Waals surface area contributed by atoms with Gasteiger partial charge in [0.25, 0.3) is 5.91 Å². The first-order chi connectivity index (χ1) is 11.1. The van der Waals surface area contributed by atoms with Crippen LogP contribution < -0.4 is 5.32 Å². The van der Waals surface area contributed by atoms with E-state index in [0.717, 1.165) is 17.0 Å². The van der Waals surface area contributed by atoms with Gasteiger partial charge in [0.15, 0.2) is 0 Å². The number of halogens is 1. The number of thiophene rings is 1. The lowest BCUT2D eigenvalue weighted by atomic mass is 10.2. The van der Waals surface area contributed by atoms with E-state index in [1.807, 2.05) is 29.8 Å². The van der Waals surface area contributed by atoms with E-state index >= 15 is 0 Å². The number of aryl methyl sites for hydroxylation is 1. The quantitative estimate of drug-likeness (QED) is 0.770. The largest absolute Gasteiger partial charge is 0.349 e. The van der Waals surface area contributed by atoms with Crippen LogP contribution in [0.5, 0.6) is 0 Å². The van der Waals surface area contributed by atoms with Crippen molar-refractivity contribution in [3.63, 3.8) is 0 Å². The number of amides is 1. The van der Waals surface area contributed by atoms with Crippen LogP contribution in [-0.4, -0.2) is 27.2 Å². The van der Waals surface area contributed by atoms with Gasteiger partial charge in [0, 0.05) is 30.2 Å². The standard InChI is InChI=1S/C16H15ClN4OS/c1-11-9-13(12-3-2-6-18-10-12)20-21(11)8-7-19-16(22)14-4-5-15(17)23-14/h2-6,9-10H,7-8H2,1H3,(H,19,22). The van der Waals surface area contributed by atoms with E-state index in [1.54, 1.807) is 24.5 Å². The molecular weight excluding hydrogens is 332 g/mol. The van der Waals surface area contributed by atoms with Crippen molar-refractivity contribution in [2.45, 2.75) is 13.5 Å². The molecule has 3 aromatic heterocycles. The number of nitrogens with one attached hydrogen (secondary N) is 1. The lowest BCUT2D eigenvalue weighted by Gasteiger charge is -2.05. The average molecular weight is 347 g/mol. The maximum absolute atomic E-state index is 12.0. The molecule has 0 fully saturated rings. The molecule has 0 unspecified atom stereocenters. The fraction of sp³-hybridized carbons (Fsp3) is 0.188. The highest BCUT2D eigenvalue weighted by atomic mass is 35.5. The van der Waals surface area contributed by atoms with Crippen LogP contribution in [0.1, 0.15) is 15.4 Å². The first kappa shape index (κ1) is 15.7. The van der Waals surface area contributed by atoms with E-state index in [-0.39, 0.29) is 5.91 Å². The Morgan fingerprint density at radius 1 is 1.39 bits per heavy atom. The minimum Gasteiger partial charge on any atom is -0.349 e. The monoisotopic (exact) mass is 346 g/mol. The van der Waals surface area contributed by atoms with Crippen LogP contribution in [0, 0.1) is 6.92 Å². The molecule has 118 valence electrons. The van der Waals surface area contributed by atoms with Gasteiger partial charge in [-0.3, -0.25) is 14.5 Å². The summed E-state index contributed by atoms with van der Waals surface area (Å²) in [5.74, 6) is -0.112. The van der Waals surface area contributed by atoms with Crippen LogP contribution in [0.4, 0.5) is 0 Å². The predicted octanol–water partition coefficient (Wildman–Crippen LogP) is 3.40. The fourth-order valence-electron chi connectivity index (χ4n) is 2.19. The Morgan fingerprint density at radius 2 is 2.26 bits per heavy atom. The van der Waals surface area contributed by atoms with Gasteiger partial charge in [-0.2, -0.15) is 5.10 Å². The molecule has 0 radical (unpaired) electrons. The fourth-order valence-corrected chi connectivity index (χ4v) is 3.15. The minimum absolute atomic E-state index is 0.112. The lowest BCUT2D eigenvalue weighted by Crippen LogP contribution is -2.27. The molecule has 7 heteroatoms. The molecule has 0 saturated carbocycles. The first-order valence-corrected chi connectivity index (χ1v) is 8.31. The molecule has 0 aromatic carbocycles. The van der Waals surface area contributed by atoms with Gasteiger partial charge in [-0.1, -0.05) is 11.6 Å². The van der Waals surface area contributed by atoms with Gasteiger partial charge >= 0.3 is 0 Å². The van der Waals surface area contributed by atoms with Crippen LogP contribution >= 0.6 is 22.9 Å². The second-order valence-corrected chi connectivity index (χ2v) is 6.71. The van der Waals surface area contributed by atoms with Gasteiger partial charge < -0.3 is 5.32 Å². The number of rotatable bonds is 5. The minimum atomic E-state index is -0.112. The van der Waals surface area contributed by atoms with Gasteiger partial charge in [0.05, 0.1) is 21.5 Å². The Kier molecular flexibility index (Phi) is 4.73. The van der Waals surface area contributed by atoms with Crippen molar-refractivity contribution in [3.8, 4) is 11.3 Å². The molecule has 3 aromatic rings. The summed E-state index contributed by atoms with van der Waals surface area (Å²) in [6, 6.07) is 9.32. The van der Waals surface area contributed by atoms with Gasteiger partial charge in [-0.15, -0.1) is 11.3 Å². The Balaban J connectivity index is 1.61. The topological polar surface area (TPSA) is 59.8 Å². The van der Waals surface area contributed by atoms with Crippen molar-refractivity contribution in [3.05, 3.63) is 57.6 Å². The molecule has 0 atom stereocenters. The van der Waals surface area contributed by atoms with Crippen molar-refractivity contribution >= 4 is 28.8 Å². The molecule has 23 heavy (non-hydrogen) atoms. The zero-order valence-corrected chi connectivity index (χ0v) is 14.1. The Morgan fingerprint density at radius 3 is 2.96 bits per heavy atom. The SMILES string of the molecule is Cc1cc(-c2cccnc2)nn1CCNC(=O)c1ccc(Cl)s1. The van der Waals surface area contributed by atoms with E-state index in [9.17, 15) is 4.79 Å². The highest BCUT2D eigenvalue weighted by molar-refractivity contribution is 7.17. The van der Waals surface area contributed by atoms with Gasteiger partial charge in [-0.25, -0.2) is 0 Å². The molecule has 5 nitrogen and oxygen atoms in total. The third kappa shape index (κ3) is 3.78. The summed E-state index contributed by atoms with van der Waals surface area (Å²) in [7, 11) is 0. The summed E-state index contributed by atoms with van der Waals surface area (Å²) >= 11 is 7.11. The Labute approximate surface area is 142 Å². The number of nitrogens with zero attached hydrogens (tertiary/aromatic N) is 3. The van der Waals surface area contributed by atoms with Crippen LogP contribution in [0.2, 0.25) is 4.34 Å². The molecule has 0 aliphatic heterocycles. The number of hydrogen-bond donors (Lipinski definition) is 1. The number of carbonyl (C=O) groups excluding carboxylic acids is 1. The summed E-state index contributed by atoms with van der Waals surface area (Å²) in [5, 5.41) is 7.44. The molecular formula is C16H15ClN4OS. The molecule has 0 spiro atoms. The summed E-state index contributed by atoms with van der Waals surface area (Å²) in [5.41, 5.74) is 2.90. The van der Waals surface area contributed by atoms with Crippen LogP contribution in [-0.2, 0) is 6.54 Å². The molecule has 1 amide bonds. The number of hydrogen-bond acceptors (Lipinski definition) is 4. The summed E-state index contributed by atoms with van der Waals surface area (Å²) in [4.78, 5) is 16.7. The van der Waals surface area contributed by atoms with Crippen LogP contribution in [0.3, 0.4) is 0 Å². The summed E-state index contributed by atoms with van der Waals surface area (Å²) in [6.45, 7) is 3.11. The van der Waals surface area contributed by atoms with Gasteiger partial charge in [0.1, 0.15) is 0 Å². The van der Waals surface area contributed by atoms with E-state index in [1.165, 1.54) is 11.3 Å². The van der Waals surface area contributed by atoms with Crippen LogP contribution in [0.25, 0.3) is 11.3 Å². The molecule has 0 saturated heterocycles. The van der Waals surface area contributed by atoms with Crippen molar-refractivity contribution < 1.29 is 4.79 Å². The lowest BCUT2D eigenvalue weighted by molar-refractivity contribution is 0.0956. The Bertz CT molecular complexity index is 813. The second kappa shape index (κ2) is 6.93. The second-order valence-electron chi connectivity index (χ2n) is 5.00. The van der Waals surface area contributed by atoms with E-state index in [2.05, 4.69) is 15.4 Å². The van der Waals surface area contributed by atoms with E-state index in [0.29, 0.717) is 22.3 Å². The predicted molar refractivity (Wildman–Crippen MR) is 91.9 cm³/mol.